The molecule has 1 aliphatic carbocycles. The molecule has 7 heteroatoms. The molecule has 1 aliphatic heterocycles. The summed E-state index contributed by atoms with van der Waals surface area (Å²) in [5.41, 5.74) is 1.14. The first-order chi connectivity index (χ1) is 14.9. The molecule has 3 heterocycles. The maximum Gasteiger partial charge on any atom is 0.275 e. The van der Waals surface area contributed by atoms with E-state index in [4.69, 9.17) is 11.6 Å². The Morgan fingerprint density at radius 3 is 2.71 bits per heavy atom. The number of hydrogen-bond acceptors (Lipinski definition) is 3. The molecule has 5 rings (SSSR count). The van der Waals surface area contributed by atoms with Gasteiger partial charge in [0.2, 0.25) is 5.91 Å². The lowest BCUT2D eigenvalue weighted by Gasteiger charge is -2.44. The van der Waals surface area contributed by atoms with Gasteiger partial charge in [-0.2, -0.15) is 0 Å². The molecule has 1 atom stereocenters. The minimum absolute atomic E-state index is 0.103. The quantitative estimate of drug-likeness (QED) is 0.564. The number of fused-ring (bicyclic) bond motifs is 3. The Hall–Kier alpha value is -2.31. The molecule has 3 aromatic rings. The van der Waals surface area contributed by atoms with Crippen LogP contribution in [0.15, 0.2) is 35.7 Å². The molecule has 2 aliphatic rings. The molecule has 0 bridgehead atoms. The lowest BCUT2D eigenvalue weighted by atomic mass is 9.91. The molecule has 1 fully saturated rings. The van der Waals surface area contributed by atoms with E-state index >= 15 is 0 Å². The fraction of sp³-hybridized carbons (Fsp3) is 0.417. The van der Waals surface area contributed by atoms with E-state index in [2.05, 4.69) is 5.32 Å². The molecular formula is C24H26ClN3O2S. The minimum atomic E-state index is -1.06. The predicted molar refractivity (Wildman–Crippen MR) is 126 cm³/mol. The van der Waals surface area contributed by atoms with E-state index in [0.29, 0.717) is 22.9 Å². The number of aromatic nitrogens is 1. The summed E-state index contributed by atoms with van der Waals surface area (Å²) >= 11 is 8.01. The van der Waals surface area contributed by atoms with Crippen molar-refractivity contribution < 1.29 is 9.59 Å². The van der Waals surface area contributed by atoms with Gasteiger partial charge >= 0.3 is 0 Å². The van der Waals surface area contributed by atoms with Crippen LogP contribution < -0.4 is 10.2 Å². The number of carbonyl (C=O) groups excluding carboxylic acids is 2. The highest BCUT2D eigenvalue weighted by Crippen LogP contribution is 2.38. The lowest BCUT2D eigenvalue weighted by Crippen LogP contribution is -2.65. The van der Waals surface area contributed by atoms with Gasteiger partial charge in [-0.3, -0.25) is 14.5 Å². The highest BCUT2D eigenvalue weighted by molar-refractivity contribution is 7.16. The van der Waals surface area contributed by atoms with Crippen molar-refractivity contribution in [1.29, 1.82) is 0 Å². The Balaban J connectivity index is 1.61. The molecule has 5 nitrogen and oxygen atoms in total. The van der Waals surface area contributed by atoms with Gasteiger partial charge in [-0.15, -0.1) is 11.3 Å². The smallest absolute Gasteiger partial charge is 0.275 e. The van der Waals surface area contributed by atoms with Gasteiger partial charge in [-0.05, 0) is 61.9 Å². The molecule has 0 unspecified atom stereocenters. The second kappa shape index (κ2) is 7.68. The van der Waals surface area contributed by atoms with Gasteiger partial charge in [0, 0.05) is 22.1 Å². The first kappa shape index (κ1) is 20.6. The third-order valence-electron chi connectivity index (χ3n) is 6.73. The van der Waals surface area contributed by atoms with E-state index in [0.717, 1.165) is 41.5 Å². The van der Waals surface area contributed by atoms with Crippen LogP contribution in [0.25, 0.3) is 10.2 Å². The topological polar surface area (TPSA) is 54.3 Å². The number of carbonyl (C=O) groups is 2. The average Bonchev–Trinajstić information content (AvgIpc) is 3.34. The van der Waals surface area contributed by atoms with E-state index in [1.165, 1.54) is 6.42 Å². The van der Waals surface area contributed by atoms with Crippen molar-refractivity contribution in [2.45, 2.75) is 64.1 Å². The predicted octanol–water partition coefficient (Wildman–Crippen LogP) is 5.53. The molecule has 1 N–H and O–H groups in total. The molecule has 1 saturated carbocycles. The van der Waals surface area contributed by atoms with E-state index in [1.807, 2.05) is 48.1 Å². The summed E-state index contributed by atoms with van der Waals surface area (Å²) in [6.07, 6.45) is 5.48. The monoisotopic (exact) mass is 455 g/mol. The molecule has 2 aromatic heterocycles. The number of thiophene rings is 1. The van der Waals surface area contributed by atoms with Crippen LogP contribution in [0.3, 0.4) is 0 Å². The van der Waals surface area contributed by atoms with Gasteiger partial charge in [0.15, 0.2) is 0 Å². The number of nitrogens with zero attached hydrogens (tertiary/aromatic N) is 2. The lowest BCUT2D eigenvalue weighted by molar-refractivity contribution is -0.127. The zero-order valence-electron chi connectivity index (χ0n) is 17.8. The summed E-state index contributed by atoms with van der Waals surface area (Å²) in [6.45, 7) is 4.21. The van der Waals surface area contributed by atoms with Crippen LogP contribution >= 0.6 is 22.9 Å². The Kier molecular flexibility index (Phi) is 5.10. The molecule has 0 saturated heterocycles. The zero-order valence-corrected chi connectivity index (χ0v) is 19.4. The molecule has 1 aromatic carbocycles. The van der Waals surface area contributed by atoms with Gasteiger partial charge < -0.3 is 9.88 Å². The Bertz CT molecular complexity index is 1180. The average molecular weight is 456 g/mol. The summed E-state index contributed by atoms with van der Waals surface area (Å²) in [5.74, 6) is -0.274. The standard InChI is InChI=1S/C24H26ClN3O2S/c1-15-8-9-18(13-19(15)25)28-21(29)20-12-16-10-11-31-22(16)27(20)14-24(28,2)23(30)26-17-6-4-3-5-7-17/h8-13,17H,3-7,14H2,1-2H3,(H,26,30)/t24-/m1/s1. The highest BCUT2D eigenvalue weighted by atomic mass is 35.5. The maximum absolute atomic E-state index is 13.8. The van der Waals surface area contributed by atoms with Gasteiger partial charge in [0.25, 0.3) is 5.91 Å². The Morgan fingerprint density at radius 1 is 1.19 bits per heavy atom. The largest absolute Gasteiger partial charge is 0.351 e. The number of rotatable bonds is 3. The van der Waals surface area contributed by atoms with Crippen molar-refractivity contribution in [3.8, 4) is 0 Å². The van der Waals surface area contributed by atoms with Crippen molar-refractivity contribution in [3.63, 3.8) is 0 Å². The summed E-state index contributed by atoms with van der Waals surface area (Å²) in [4.78, 5) is 30.2. The molecular weight excluding hydrogens is 430 g/mol. The summed E-state index contributed by atoms with van der Waals surface area (Å²) in [5, 5.41) is 6.91. The van der Waals surface area contributed by atoms with Crippen LogP contribution in [0, 0.1) is 6.92 Å². The number of nitrogens with one attached hydrogen (secondary N) is 1. The van der Waals surface area contributed by atoms with Gasteiger partial charge in [-0.1, -0.05) is 36.9 Å². The molecule has 2 amide bonds. The van der Waals surface area contributed by atoms with Crippen LogP contribution in [0.2, 0.25) is 5.02 Å². The SMILES string of the molecule is Cc1ccc(N2C(=O)c3cc4ccsc4n3C[C@]2(C)C(=O)NC2CCCCC2)cc1Cl. The van der Waals surface area contributed by atoms with E-state index in [-0.39, 0.29) is 17.9 Å². The van der Waals surface area contributed by atoms with Crippen molar-refractivity contribution >= 4 is 50.7 Å². The molecule has 0 spiro atoms. The normalized spacial score (nSPS) is 22.0. The van der Waals surface area contributed by atoms with Crippen molar-refractivity contribution in [1.82, 2.24) is 9.88 Å². The Morgan fingerprint density at radius 2 is 1.97 bits per heavy atom. The first-order valence-corrected chi connectivity index (χ1v) is 12.1. The van der Waals surface area contributed by atoms with Crippen LogP contribution in [0.1, 0.15) is 55.1 Å². The zero-order chi connectivity index (χ0) is 21.8. The van der Waals surface area contributed by atoms with Crippen molar-refractivity contribution in [2.75, 3.05) is 4.90 Å². The van der Waals surface area contributed by atoms with Crippen LogP contribution in [-0.2, 0) is 11.3 Å². The number of anilines is 1. The van der Waals surface area contributed by atoms with E-state index in [9.17, 15) is 9.59 Å². The second-order valence-electron chi connectivity index (χ2n) is 8.95. The minimum Gasteiger partial charge on any atom is -0.351 e. The molecule has 31 heavy (non-hydrogen) atoms. The van der Waals surface area contributed by atoms with Gasteiger partial charge in [0.05, 0.1) is 6.54 Å². The van der Waals surface area contributed by atoms with Gasteiger partial charge in [0.1, 0.15) is 16.1 Å². The number of halogens is 1. The first-order valence-electron chi connectivity index (χ1n) is 10.9. The molecule has 162 valence electrons. The summed E-state index contributed by atoms with van der Waals surface area (Å²) in [6, 6.07) is 9.69. The van der Waals surface area contributed by atoms with Crippen molar-refractivity contribution in [2.24, 2.45) is 0 Å². The summed E-state index contributed by atoms with van der Waals surface area (Å²) < 4.78 is 2.01. The van der Waals surface area contributed by atoms with Crippen molar-refractivity contribution in [3.05, 3.63) is 52.0 Å². The fourth-order valence-electron chi connectivity index (χ4n) is 4.91. The van der Waals surface area contributed by atoms with E-state index < -0.39 is 5.54 Å². The van der Waals surface area contributed by atoms with Crippen LogP contribution in [0.4, 0.5) is 5.69 Å². The van der Waals surface area contributed by atoms with Crippen LogP contribution in [-0.4, -0.2) is 28.0 Å². The van der Waals surface area contributed by atoms with E-state index in [1.54, 1.807) is 22.3 Å². The van der Waals surface area contributed by atoms with Gasteiger partial charge in [-0.25, -0.2) is 0 Å². The number of benzene rings is 1. The third-order valence-corrected chi connectivity index (χ3v) is 8.09. The number of aryl methyl sites for hydroxylation is 1. The number of amides is 2. The summed E-state index contributed by atoms with van der Waals surface area (Å²) in [7, 11) is 0. The second-order valence-corrected chi connectivity index (χ2v) is 10.3. The van der Waals surface area contributed by atoms with Crippen LogP contribution in [0.5, 0.6) is 0 Å². The third kappa shape index (κ3) is 3.37. The number of hydrogen-bond donors (Lipinski definition) is 1. The molecule has 0 radical (unpaired) electrons. The fourth-order valence-corrected chi connectivity index (χ4v) is 5.98. The maximum atomic E-state index is 13.8. The highest BCUT2D eigenvalue weighted by Gasteiger charge is 2.49. The Labute approximate surface area is 191 Å².